The van der Waals surface area contributed by atoms with E-state index in [-0.39, 0.29) is 0 Å². The lowest BCUT2D eigenvalue weighted by Crippen LogP contribution is -2.68. The third-order valence-electron chi connectivity index (χ3n) is 4.57. The number of fused-ring (bicyclic) bond motifs is 4. The molecule has 1 saturated carbocycles. The van der Waals surface area contributed by atoms with Crippen molar-refractivity contribution in [3.8, 4) is 0 Å². The van der Waals surface area contributed by atoms with Gasteiger partial charge in [0.2, 0.25) is 0 Å². The minimum absolute atomic E-state index is 0.934. The molecule has 0 aromatic heterocycles. The first kappa shape index (κ1) is 14.2. The van der Waals surface area contributed by atoms with Crippen molar-refractivity contribution in [1.29, 1.82) is 0 Å². The molecule has 0 spiro atoms. The van der Waals surface area contributed by atoms with Gasteiger partial charge in [-0.15, -0.1) is 0 Å². The highest BCUT2D eigenvalue weighted by atomic mass is 16.6. The van der Waals surface area contributed by atoms with Crippen molar-refractivity contribution in [3.63, 3.8) is 0 Å². The Bertz CT molecular complexity index is 607. The molecule has 3 aliphatic rings. The number of hydrogen-bond acceptors (Lipinski definition) is 8. The highest BCUT2D eigenvalue weighted by Crippen LogP contribution is 2.73. The zero-order valence-corrected chi connectivity index (χ0v) is 10.7. The molecule has 2 N–H and O–H groups in total. The molecule has 22 heavy (non-hydrogen) atoms. The number of carbonyl (C=O) groups excluding carboxylic acids is 4. The smallest absolute Gasteiger partial charge is 0.322 e. The van der Waals surface area contributed by atoms with Crippen molar-refractivity contribution in [2.75, 3.05) is 0 Å². The number of cyclic esters (lactones) is 4. The monoisotopic (exact) mass is 312 g/mol. The minimum Gasteiger partial charge on any atom is -0.481 e. The Morgan fingerprint density at radius 2 is 1.14 bits per heavy atom. The van der Waals surface area contributed by atoms with Crippen LogP contribution in [0.4, 0.5) is 0 Å². The Labute approximate surface area is 121 Å². The quantitative estimate of drug-likeness (QED) is 0.453. The number of esters is 4. The minimum atomic E-state index is -2.08. The van der Waals surface area contributed by atoms with Gasteiger partial charge in [-0.2, -0.15) is 0 Å². The van der Waals surface area contributed by atoms with Crippen LogP contribution in [0.3, 0.4) is 0 Å². The SMILES string of the molecule is O=C(O)CC12C(=O)OC(=O)C1C1(CC(=O)O)C(=O)OC(=O)C21. The Balaban J connectivity index is 2.19. The second-order valence-electron chi connectivity index (χ2n) is 5.50. The molecule has 0 amide bonds. The van der Waals surface area contributed by atoms with E-state index < -0.39 is 71.3 Å². The maximum absolute atomic E-state index is 12.0. The van der Waals surface area contributed by atoms with Crippen molar-refractivity contribution in [1.82, 2.24) is 0 Å². The van der Waals surface area contributed by atoms with Crippen molar-refractivity contribution in [3.05, 3.63) is 0 Å². The molecule has 0 unspecified atom stereocenters. The summed E-state index contributed by atoms with van der Waals surface area (Å²) >= 11 is 0. The molecule has 10 heteroatoms. The van der Waals surface area contributed by atoms with Crippen LogP contribution in [0.5, 0.6) is 0 Å². The van der Waals surface area contributed by atoms with E-state index in [9.17, 15) is 28.8 Å². The number of carbonyl (C=O) groups is 6. The van der Waals surface area contributed by atoms with E-state index in [0.717, 1.165) is 0 Å². The summed E-state index contributed by atoms with van der Waals surface area (Å²) < 4.78 is 8.80. The first-order valence-electron chi connectivity index (χ1n) is 6.13. The largest absolute Gasteiger partial charge is 0.481 e. The number of rotatable bonds is 4. The Morgan fingerprint density at radius 1 is 0.818 bits per heavy atom. The second-order valence-corrected chi connectivity index (χ2v) is 5.50. The van der Waals surface area contributed by atoms with Crippen LogP contribution in [-0.4, -0.2) is 46.0 Å². The summed E-state index contributed by atoms with van der Waals surface area (Å²) in [5, 5.41) is 17.9. The van der Waals surface area contributed by atoms with E-state index in [0.29, 0.717) is 0 Å². The van der Waals surface area contributed by atoms with Gasteiger partial charge in [0.05, 0.1) is 24.7 Å². The van der Waals surface area contributed by atoms with Gasteiger partial charge in [0.25, 0.3) is 0 Å². The van der Waals surface area contributed by atoms with Gasteiger partial charge in [-0.3, -0.25) is 28.8 Å². The molecule has 2 heterocycles. The molecule has 3 rings (SSSR count). The summed E-state index contributed by atoms with van der Waals surface area (Å²) in [5.74, 6) is -11.2. The predicted molar refractivity (Wildman–Crippen MR) is 58.5 cm³/mol. The van der Waals surface area contributed by atoms with Crippen molar-refractivity contribution < 1.29 is 48.5 Å². The molecule has 0 radical (unpaired) electrons. The fourth-order valence-electron chi connectivity index (χ4n) is 4.01. The zero-order valence-electron chi connectivity index (χ0n) is 10.7. The van der Waals surface area contributed by atoms with Gasteiger partial charge < -0.3 is 19.7 Å². The summed E-state index contributed by atoms with van der Waals surface area (Å²) in [4.78, 5) is 69.7. The van der Waals surface area contributed by atoms with Gasteiger partial charge >= 0.3 is 35.8 Å². The maximum atomic E-state index is 12.0. The van der Waals surface area contributed by atoms with Crippen LogP contribution in [0.25, 0.3) is 0 Å². The van der Waals surface area contributed by atoms with Gasteiger partial charge in [-0.1, -0.05) is 0 Å². The van der Waals surface area contributed by atoms with Crippen molar-refractivity contribution in [2.24, 2.45) is 22.7 Å². The van der Waals surface area contributed by atoms with E-state index in [1.165, 1.54) is 0 Å². The van der Waals surface area contributed by atoms with Crippen LogP contribution in [0, 0.1) is 22.7 Å². The normalized spacial score (nSPS) is 38.7. The van der Waals surface area contributed by atoms with Crippen LogP contribution in [-0.2, 0) is 38.2 Å². The van der Waals surface area contributed by atoms with Gasteiger partial charge in [0.1, 0.15) is 10.8 Å². The van der Waals surface area contributed by atoms with Crippen molar-refractivity contribution in [2.45, 2.75) is 12.8 Å². The van der Waals surface area contributed by atoms with E-state index in [1.807, 2.05) is 0 Å². The van der Waals surface area contributed by atoms with Crippen LogP contribution in [0.15, 0.2) is 0 Å². The van der Waals surface area contributed by atoms with Crippen molar-refractivity contribution >= 4 is 35.8 Å². The Kier molecular flexibility index (Phi) is 2.51. The molecule has 0 atom stereocenters. The highest BCUT2D eigenvalue weighted by molar-refractivity contribution is 6.16. The van der Waals surface area contributed by atoms with E-state index in [2.05, 4.69) is 9.47 Å². The summed E-state index contributed by atoms with van der Waals surface area (Å²) in [7, 11) is 0. The molecule has 2 saturated heterocycles. The van der Waals surface area contributed by atoms with Gasteiger partial charge in [0, 0.05) is 0 Å². The Hall–Kier alpha value is -2.78. The fourth-order valence-corrected chi connectivity index (χ4v) is 4.01. The lowest BCUT2D eigenvalue weighted by Gasteiger charge is -2.53. The number of aliphatic carboxylic acids is 2. The molecular weight excluding hydrogens is 304 g/mol. The number of carboxylic acids is 2. The average molecular weight is 312 g/mol. The topological polar surface area (TPSA) is 161 Å². The highest BCUT2D eigenvalue weighted by Gasteiger charge is 2.89. The molecule has 0 bridgehead atoms. The Morgan fingerprint density at radius 3 is 1.41 bits per heavy atom. The average Bonchev–Trinajstić information content (AvgIpc) is 2.65. The zero-order chi connectivity index (χ0) is 16.4. The number of hydrogen-bond donors (Lipinski definition) is 2. The fraction of sp³-hybridized carbons (Fsp3) is 0.500. The van der Waals surface area contributed by atoms with E-state index >= 15 is 0 Å². The second kappa shape index (κ2) is 3.90. The molecule has 2 aliphatic heterocycles. The molecular formula is C12H8O10. The molecule has 3 fully saturated rings. The lowest BCUT2D eigenvalue weighted by atomic mass is 9.38. The summed E-state index contributed by atoms with van der Waals surface area (Å²) in [6.45, 7) is 0. The third kappa shape index (κ3) is 1.29. The first-order valence-corrected chi connectivity index (χ1v) is 6.13. The molecule has 0 aromatic carbocycles. The number of ether oxygens (including phenoxy) is 2. The molecule has 10 nitrogen and oxygen atoms in total. The summed E-state index contributed by atoms with van der Waals surface area (Å²) in [6, 6.07) is 0. The van der Waals surface area contributed by atoms with Crippen LogP contribution >= 0.6 is 0 Å². The number of carboxylic acid groups (broad SMARTS) is 2. The standard InChI is InChI=1S/C12H8O10/c13-3(14)1-11-5(7(17)21-9(11)19)12(2-4(15)16)6(11)8(18)22-10(12)20/h5-6H,1-2H2,(H,13,14)(H,15,16). The van der Waals surface area contributed by atoms with E-state index in [4.69, 9.17) is 10.2 Å². The van der Waals surface area contributed by atoms with Gasteiger partial charge in [-0.25, -0.2) is 0 Å². The molecule has 0 aromatic rings. The molecule has 1 aliphatic carbocycles. The third-order valence-corrected chi connectivity index (χ3v) is 4.57. The maximum Gasteiger partial charge on any atom is 0.322 e. The predicted octanol–water partition coefficient (Wildman–Crippen LogP) is -1.68. The van der Waals surface area contributed by atoms with Gasteiger partial charge in [0.15, 0.2) is 0 Å². The van der Waals surface area contributed by atoms with Crippen LogP contribution in [0.1, 0.15) is 12.8 Å². The first-order chi connectivity index (χ1) is 10.2. The lowest BCUT2D eigenvalue weighted by molar-refractivity contribution is -0.196. The summed E-state index contributed by atoms with van der Waals surface area (Å²) in [5.41, 5.74) is -4.16. The summed E-state index contributed by atoms with van der Waals surface area (Å²) in [6.07, 6.45) is -1.87. The van der Waals surface area contributed by atoms with E-state index in [1.54, 1.807) is 0 Å². The molecule has 116 valence electrons. The van der Waals surface area contributed by atoms with Gasteiger partial charge in [-0.05, 0) is 0 Å². The van der Waals surface area contributed by atoms with Crippen LogP contribution < -0.4 is 0 Å². The van der Waals surface area contributed by atoms with Crippen LogP contribution in [0.2, 0.25) is 0 Å².